The standard InChI is InChI=1S/C23H22ClNO4S2/c1-2-31(28,29)19-12-13-21(26)20(14-19)25-22(27)15-30-23(16-6-4-3-5-7-16)17-8-10-18(24)11-9-17/h3-14,23,26H,2,15H2,1H3,(H,25,27). The van der Waals surface area contributed by atoms with Gasteiger partial charge in [0.25, 0.3) is 0 Å². The highest BCUT2D eigenvalue weighted by Gasteiger charge is 2.18. The topological polar surface area (TPSA) is 83.5 Å². The van der Waals surface area contributed by atoms with Crippen molar-refractivity contribution in [1.29, 1.82) is 0 Å². The Hall–Kier alpha value is -2.48. The first kappa shape index (κ1) is 23.2. The highest BCUT2D eigenvalue weighted by Crippen LogP contribution is 2.36. The van der Waals surface area contributed by atoms with E-state index in [0.29, 0.717) is 5.02 Å². The lowest BCUT2D eigenvalue weighted by molar-refractivity contribution is -0.113. The number of rotatable bonds is 8. The van der Waals surface area contributed by atoms with Crippen molar-refractivity contribution in [2.45, 2.75) is 17.1 Å². The van der Waals surface area contributed by atoms with Crippen molar-refractivity contribution in [3.63, 3.8) is 0 Å². The van der Waals surface area contributed by atoms with E-state index in [1.54, 1.807) is 0 Å². The normalized spacial score (nSPS) is 12.3. The highest BCUT2D eigenvalue weighted by atomic mass is 35.5. The molecule has 3 aromatic carbocycles. The maximum Gasteiger partial charge on any atom is 0.234 e. The van der Waals surface area contributed by atoms with Gasteiger partial charge in [0.1, 0.15) is 5.75 Å². The molecule has 162 valence electrons. The van der Waals surface area contributed by atoms with Gasteiger partial charge in [0.2, 0.25) is 5.91 Å². The Labute approximate surface area is 191 Å². The van der Waals surface area contributed by atoms with Gasteiger partial charge in [-0.1, -0.05) is 61.0 Å². The zero-order valence-corrected chi connectivity index (χ0v) is 19.2. The first-order chi connectivity index (χ1) is 14.8. The largest absolute Gasteiger partial charge is 0.506 e. The van der Waals surface area contributed by atoms with Gasteiger partial charge in [-0.05, 0) is 41.5 Å². The van der Waals surface area contributed by atoms with E-state index in [4.69, 9.17) is 11.6 Å². The fourth-order valence-corrected chi connectivity index (χ4v) is 5.09. The smallest absolute Gasteiger partial charge is 0.234 e. The molecule has 0 spiro atoms. The van der Waals surface area contributed by atoms with Crippen LogP contribution in [-0.2, 0) is 14.6 Å². The van der Waals surface area contributed by atoms with Crippen LogP contribution in [0.15, 0.2) is 77.7 Å². The first-order valence-electron chi connectivity index (χ1n) is 9.58. The predicted octanol–water partition coefficient (Wildman–Crippen LogP) is 5.30. The van der Waals surface area contributed by atoms with Crippen LogP contribution in [0.2, 0.25) is 5.02 Å². The van der Waals surface area contributed by atoms with Crippen LogP contribution in [0.4, 0.5) is 5.69 Å². The molecule has 1 amide bonds. The maximum atomic E-state index is 12.6. The zero-order valence-electron chi connectivity index (χ0n) is 16.8. The third-order valence-electron chi connectivity index (χ3n) is 4.64. The summed E-state index contributed by atoms with van der Waals surface area (Å²) in [5, 5.41) is 13.2. The van der Waals surface area contributed by atoms with Gasteiger partial charge in [-0.2, -0.15) is 0 Å². The molecule has 31 heavy (non-hydrogen) atoms. The molecule has 0 aliphatic heterocycles. The van der Waals surface area contributed by atoms with Crippen LogP contribution in [0.3, 0.4) is 0 Å². The van der Waals surface area contributed by atoms with Gasteiger partial charge >= 0.3 is 0 Å². The molecule has 3 rings (SSSR count). The lowest BCUT2D eigenvalue weighted by Gasteiger charge is -2.18. The van der Waals surface area contributed by atoms with Crippen molar-refractivity contribution in [3.05, 3.63) is 88.9 Å². The summed E-state index contributed by atoms with van der Waals surface area (Å²) in [7, 11) is -3.45. The number of carbonyl (C=O) groups is 1. The second-order valence-corrected chi connectivity index (χ2v) is 10.6. The number of thioether (sulfide) groups is 1. The lowest BCUT2D eigenvalue weighted by Crippen LogP contribution is -2.16. The van der Waals surface area contributed by atoms with Crippen LogP contribution >= 0.6 is 23.4 Å². The van der Waals surface area contributed by atoms with Crippen LogP contribution in [0.5, 0.6) is 5.75 Å². The number of anilines is 1. The van der Waals surface area contributed by atoms with Crippen LogP contribution in [0.25, 0.3) is 0 Å². The monoisotopic (exact) mass is 475 g/mol. The van der Waals surface area contributed by atoms with Crippen LogP contribution in [-0.4, -0.2) is 30.9 Å². The Kier molecular flexibility index (Phi) is 7.64. The summed E-state index contributed by atoms with van der Waals surface area (Å²) in [6.07, 6.45) is 0. The third-order valence-corrected chi connectivity index (χ3v) is 7.93. The molecular formula is C23H22ClNO4S2. The van der Waals surface area contributed by atoms with E-state index in [-0.39, 0.29) is 39.0 Å². The molecule has 0 radical (unpaired) electrons. The van der Waals surface area contributed by atoms with Gasteiger partial charge in [0, 0.05) is 5.02 Å². The van der Waals surface area contributed by atoms with Crippen molar-refractivity contribution < 1.29 is 18.3 Å². The minimum atomic E-state index is -3.45. The Morgan fingerprint density at radius 1 is 1.03 bits per heavy atom. The number of hydrogen-bond acceptors (Lipinski definition) is 5. The molecule has 0 saturated heterocycles. The molecule has 5 nitrogen and oxygen atoms in total. The van der Waals surface area contributed by atoms with Crippen molar-refractivity contribution in [1.82, 2.24) is 0 Å². The van der Waals surface area contributed by atoms with E-state index in [0.717, 1.165) is 11.1 Å². The second kappa shape index (κ2) is 10.2. The Morgan fingerprint density at radius 2 is 1.68 bits per heavy atom. The van der Waals surface area contributed by atoms with E-state index < -0.39 is 9.84 Å². The molecule has 0 aliphatic carbocycles. The minimum Gasteiger partial charge on any atom is -0.506 e. The number of nitrogens with one attached hydrogen (secondary N) is 1. The van der Waals surface area contributed by atoms with Crippen molar-refractivity contribution in [2.24, 2.45) is 0 Å². The van der Waals surface area contributed by atoms with Crippen LogP contribution < -0.4 is 5.32 Å². The molecular weight excluding hydrogens is 454 g/mol. The number of amides is 1. The summed E-state index contributed by atoms with van der Waals surface area (Å²) in [5.74, 6) is -0.500. The van der Waals surface area contributed by atoms with E-state index >= 15 is 0 Å². The van der Waals surface area contributed by atoms with Crippen LogP contribution in [0, 0.1) is 0 Å². The number of sulfone groups is 1. The molecule has 8 heteroatoms. The van der Waals surface area contributed by atoms with Gasteiger partial charge in [-0.25, -0.2) is 8.42 Å². The van der Waals surface area contributed by atoms with Gasteiger partial charge in [0.05, 0.1) is 27.3 Å². The van der Waals surface area contributed by atoms with Crippen molar-refractivity contribution in [2.75, 3.05) is 16.8 Å². The van der Waals surface area contributed by atoms with E-state index in [9.17, 15) is 18.3 Å². The fourth-order valence-electron chi connectivity index (χ4n) is 2.97. The van der Waals surface area contributed by atoms with Crippen molar-refractivity contribution in [3.8, 4) is 5.75 Å². The van der Waals surface area contributed by atoms with E-state index in [1.807, 2.05) is 54.6 Å². The molecule has 3 aromatic rings. The van der Waals surface area contributed by atoms with Crippen LogP contribution in [0.1, 0.15) is 23.3 Å². The molecule has 0 bridgehead atoms. The molecule has 2 N–H and O–H groups in total. The lowest BCUT2D eigenvalue weighted by atomic mass is 10.0. The molecule has 1 atom stereocenters. The Morgan fingerprint density at radius 3 is 2.32 bits per heavy atom. The molecule has 1 unspecified atom stereocenters. The van der Waals surface area contributed by atoms with Crippen molar-refractivity contribution >= 4 is 44.8 Å². The SMILES string of the molecule is CCS(=O)(=O)c1ccc(O)c(NC(=O)CSC(c2ccccc2)c2ccc(Cl)cc2)c1. The summed E-state index contributed by atoms with van der Waals surface area (Å²) >= 11 is 7.44. The number of aromatic hydroxyl groups is 1. The number of hydrogen-bond donors (Lipinski definition) is 2. The van der Waals surface area contributed by atoms with Gasteiger partial charge in [-0.3, -0.25) is 4.79 Å². The number of carbonyl (C=O) groups excluding carboxylic acids is 1. The quantitative estimate of drug-likeness (QED) is 0.432. The summed E-state index contributed by atoms with van der Waals surface area (Å²) in [6, 6.07) is 21.2. The Balaban J connectivity index is 1.76. The molecule has 0 aliphatic rings. The van der Waals surface area contributed by atoms with Gasteiger partial charge in [-0.15, -0.1) is 11.8 Å². The number of halogens is 1. The third kappa shape index (κ3) is 6.03. The number of phenols is 1. The average molecular weight is 476 g/mol. The van der Waals surface area contributed by atoms with Gasteiger partial charge < -0.3 is 10.4 Å². The number of phenolic OH excluding ortho intramolecular Hbond substituents is 1. The first-order valence-corrected chi connectivity index (χ1v) is 12.7. The summed E-state index contributed by atoms with van der Waals surface area (Å²) in [4.78, 5) is 12.7. The van der Waals surface area contributed by atoms with E-state index in [1.165, 1.54) is 36.9 Å². The highest BCUT2D eigenvalue weighted by molar-refractivity contribution is 8.00. The van der Waals surface area contributed by atoms with Gasteiger partial charge in [0.15, 0.2) is 9.84 Å². The fraction of sp³-hybridized carbons (Fsp3) is 0.174. The minimum absolute atomic E-state index is 0.0547. The summed E-state index contributed by atoms with van der Waals surface area (Å²) in [6.45, 7) is 1.54. The molecule has 0 aromatic heterocycles. The summed E-state index contributed by atoms with van der Waals surface area (Å²) < 4.78 is 24.2. The number of benzene rings is 3. The average Bonchev–Trinajstić information content (AvgIpc) is 2.77. The molecule has 0 fully saturated rings. The molecule has 0 heterocycles. The second-order valence-electron chi connectivity index (χ2n) is 6.78. The maximum absolute atomic E-state index is 12.6. The predicted molar refractivity (Wildman–Crippen MR) is 127 cm³/mol. The zero-order chi connectivity index (χ0) is 22.4. The summed E-state index contributed by atoms with van der Waals surface area (Å²) in [5.41, 5.74) is 2.12. The molecule has 0 saturated carbocycles. The van der Waals surface area contributed by atoms with E-state index in [2.05, 4.69) is 5.32 Å². The Bertz CT molecular complexity index is 1150.